The summed E-state index contributed by atoms with van der Waals surface area (Å²) in [7, 11) is 1.74. The van der Waals surface area contributed by atoms with Gasteiger partial charge in [0.1, 0.15) is 11.9 Å². The number of amides is 1. The molecular formula is C11H12N4O2S. The predicted molar refractivity (Wildman–Crippen MR) is 66.5 cm³/mol. The van der Waals surface area contributed by atoms with Crippen molar-refractivity contribution in [1.29, 1.82) is 0 Å². The Morgan fingerprint density at radius 1 is 1.56 bits per heavy atom. The van der Waals surface area contributed by atoms with Crippen LogP contribution >= 0.6 is 11.3 Å². The lowest BCUT2D eigenvalue weighted by molar-refractivity contribution is -0.120. The maximum atomic E-state index is 12.5. The minimum Gasteiger partial charge on any atom is -0.446 e. The molecule has 0 saturated carbocycles. The van der Waals surface area contributed by atoms with Crippen molar-refractivity contribution in [3.63, 3.8) is 0 Å². The normalized spacial score (nSPS) is 19.7. The van der Waals surface area contributed by atoms with Gasteiger partial charge in [-0.25, -0.2) is 9.97 Å². The lowest BCUT2D eigenvalue weighted by Crippen LogP contribution is -2.39. The average Bonchev–Trinajstić information content (AvgIpc) is 3.01. The Hall–Kier alpha value is -1.73. The zero-order valence-corrected chi connectivity index (χ0v) is 10.6. The van der Waals surface area contributed by atoms with Crippen LogP contribution in [-0.2, 0) is 11.2 Å². The summed E-state index contributed by atoms with van der Waals surface area (Å²) >= 11 is 1.47. The first-order valence-corrected chi connectivity index (χ1v) is 6.54. The van der Waals surface area contributed by atoms with Crippen LogP contribution in [0.25, 0.3) is 0 Å². The quantitative estimate of drug-likeness (QED) is 0.875. The fourth-order valence-electron chi connectivity index (χ4n) is 2.12. The SMILES string of the molecule is CNC1C(=O)N(c2cscn2)CCc2ncoc21. The Bertz CT molecular complexity index is 551. The molecule has 0 saturated heterocycles. The zero-order valence-electron chi connectivity index (χ0n) is 9.79. The highest BCUT2D eigenvalue weighted by Crippen LogP contribution is 2.27. The average molecular weight is 264 g/mol. The predicted octanol–water partition coefficient (Wildman–Crippen LogP) is 0.981. The number of thiazole rings is 1. The smallest absolute Gasteiger partial charge is 0.253 e. The number of rotatable bonds is 2. The second kappa shape index (κ2) is 4.51. The van der Waals surface area contributed by atoms with Crippen molar-refractivity contribution >= 4 is 23.1 Å². The minimum absolute atomic E-state index is 0.0566. The maximum Gasteiger partial charge on any atom is 0.253 e. The van der Waals surface area contributed by atoms with Crippen LogP contribution in [-0.4, -0.2) is 29.5 Å². The van der Waals surface area contributed by atoms with Gasteiger partial charge in [0.15, 0.2) is 12.2 Å². The number of nitrogens with one attached hydrogen (secondary N) is 1. The summed E-state index contributed by atoms with van der Waals surface area (Å²) in [6.07, 6.45) is 2.06. The van der Waals surface area contributed by atoms with Gasteiger partial charge in [-0.15, -0.1) is 11.3 Å². The van der Waals surface area contributed by atoms with Crippen LogP contribution in [0.4, 0.5) is 5.82 Å². The molecule has 3 rings (SSSR count). The molecular weight excluding hydrogens is 252 g/mol. The molecule has 1 aliphatic heterocycles. The minimum atomic E-state index is -0.494. The molecule has 6 nitrogen and oxygen atoms in total. The van der Waals surface area contributed by atoms with E-state index in [0.29, 0.717) is 24.5 Å². The van der Waals surface area contributed by atoms with Crippen LogP contribution in [0, 0.1) is 0 Å². The molecule has 0 bridgehead atoms. The van der Waals surface area contributed by atoms with E-state index in [-0.39, 0.29) is 5.91 Å². The van der Waals surface area contributed by atoms with Gasteiger partial charge in [-0.05, 0) is 7.05 Å². The summed E-state index contributed by atoms with van der Waals surface area (Å²) in [6.45, 7) is 0.570. The van der Waals surface area contributed by atoms with Crippen molar-refractivity contribution in [2.24, 2.45) is 0 Å². The van der Waals surface area contributed by atoms with E-state index < -0.39 is 6.04 Å². The molecule has 0 fully saturated rings. The first-order chi connectivity index (χ1) is 8.81. The molecule has 1 unspecified atom stereocenters. The van der Waals surface area contributed by atoms with E-state index in [9.17, 15) is 4.79 Å². The summed E-state index contributed by atoms with van der Waals surface area (Å²) in [4.78, 5) is 22.5. The fourth-order valence-corrected chi connectivity index (χ4v) is 2.66. The number of aromatic nitrogens is 2. The van der Waals surface area contributed by atoms with E-state index in [1.165, 1.54) is 17.7 Å². The number of anilines is 1. The molecule has 1 aliphatic rings. The Kier molecular flexibility index (Phi) is 2.85. The highest BCUT2D eigenvalue weighted by Gasteiger charge is 2.34. The molecule has 18 heavy (non-hydrogen) atoms. The van der Waals surface area contributed by atoms with Crippen LogP contribution in [0.2, 0.25) is 0 Å². The molecule has 2 aromatic heterocycles. The number of fused-ring (bicyclic) bond motifs is 1. The standard InChI is InChI=1S/C11H12N4O2S/c1-12-9-10-7(13-5-17-10)2-3-15(11(9)16)8-4-18-6-14-8/h4-6,9,12H,2-3H2,1H3. The number of hydrogen-bond donors (Lipinski definition) is 1. The Morgan fingerprint density at radius 3 is 3.17 bits per heavy atom. The Labute approximate surface area is 108 Å². The van der Waals surface area contributed by atoms with Gasteiger partial charge >= 0.3 is 0 Å². The fraction of sp³-hybridized carbons (Fsp3) is 0.364. The summed E-state index contributed by atoms with van der Waals surface area (Å²) in [5, 5.41) is 4.84. The van der Waals surface area contributed by atoms with Crippen LogP contribution < -0.4 is 10.2 Å². The van der Waals surface area contributed by atoms with Gasteiger partial charge in [0.2, 0.25) is 0 Å². The first-order valence-electron chi connectivity index (χ1n) is 5.60. The second-order valence-corrected chi connectivity index (χ2v) is 4.69. The topological polar surface area (TPSA) is 71.3 Å². The number of hydrogen-bond acceptors (Lipinski definition) is 6. The van der Waals surface area contributed by atoms with Gasteiger partial charge in [0.25, 0.3) is 5.91 Å². The molecule has 94 valence electrons. The van der Waals surface area contributed by atoms with E-state index in [2.05, 4.69) is 15.3 Å². The van der Waals surface area contributed by atoms with Gasteiger partial charge in [-0.1, -0.05) is 0 Å². The van der Waals surface area contributed by atoms with Gasteiger partial charge in [0, 0.05) is 18.3 Å². The Morgan fingerprint density at radius 2 is 2.44 bits per heavy atom. The molecule has 0 aliphatic carbocycles. The summed E-state index contributed by atoms with van der Waals surface area (Å²) in [6, 6.07) is -0.494. The van der Waals surface area contributed by atoms with Gasteiger partial charge in [-0.3, -0.25) is 9.69 Å². The molecule has 1 amide bonds. The van der Waals surface area contributed by atoms with Crippen molar-refractivity contribution in [3.05, 3.63) is 28.7 Å². The van der Waals surface area contributed by atoms with E-state index in [1.807, 2.05) is 5.38 Å². The van der Waals surface area contributed by atoms with Crippen molar-refractivity contribution in [3.8, 4) is 0 Å². The molecule has 1 N–H and O–H groups in total. The van der Waals surface area contributed by atoms with Crippen molar-refractivity contribution in [2.75, 3.05) is 18.5 Å². The number of carbonyl (C=O) groups is 1. The third-order valence-corrected chi connectivity index (χ3v) is 3.58. The van der Waals surface area contributed by atoms with Gasteiger partial charge < -0.3 is 9.73 Å². The lowest BCUT2D eigenvalue weighted by Gasteiger charge is -2.21. The van der Waals surface area contributed by atoms with Crippen molar-refractivity contribution in [1.82, 2.24) is 15.3 Å². The molecule has 0 radical (unpaired) electrons. The monoisotopic (exact) mass is 264 g/mol. The van der Waals surface area contributed by atoms with Crippen LogP contribution in [0.5, 0.6) is 0 Å². The molecule has 3 heterocycles. The van der Waals surface area contributed by atoms with Gasteiger partial charge in [0.05, 0.1) is 11.2 Å². The van der Waals surface area contributed by atoms with Crippen LogP contribution in [0.1, 0.15) is 17.5 Å². The van der Waals surface area contributed by atoms with Crippen molar-refractivity contribution in [2.45, 2.75) is 12.5 Å². The highest BCUT2D eigenvalue weighted by atomic mass is 32.1. The summed E-state index contributed by atoms with van der Waals surface area (Å²) < 4.78 is 5.34. The number of oxazole rings is 1. The van der Waals surface area contributed by atoms with E-state index in [4.69, 9.17) is 4.42 Å². The second-order valence-electron chi connectivity index (χ2n) is 3.97. The molecule has 1 atom stereocenters. The van der Waals surface area contributed by atoms with E-state index >= 15 is 0 Å². The molecule has 7 heteroatoms. The largest absolute Gasteiger partial charge is 0.446 e. The van der Waals surface area contributed by atoms with Gasteiger partial charge in [-0.2, -0.15) is 0 Å². The molecule has 0 aromatic carbocycles. The third kappa shape index (κ3) is 1.72. The van der Waals surface area contributed by atoms with Crippen LogP contribution in [0.15, 0.2) is 21.7 Å². The number of carbonyl (C=O) groups excluding carboxylic acids is 1. The number of likely N-dealkylation sites (N-methyl/N-ethyl adjacent to an activating group) is 1. The summed E-state index contributed by atoms with van der Waals surface area (Å²) in [5.74, 6) is 1.24. The number of nitrogens with zero attached hydrogens (tertiary/aromatic N) is 3. The van der Waals surface area contributed by atoms with E-state index in [0.717, 1.165) is 5.69 Å². The van der Waals surface area contributed by atoms with Crippen LogP contribution in [0.3, 0.4) is 0 Å². The van der Waals surface area contributed by atoms with Crippen molar-refractivity contribution < 1.29 is 9.21 Å². The summed E-state index contributed by atoms with van der Waals surface area (Å²) in [5.41, 5.74) is 2.55. The third-order valence-electron chi connectivity index (χ3n) is 3.00. The molecule has 2 aromatic rings. The maximum absolute atomic E-state index is 12.5. The molecule has 0 spiro atoms. The highest BCUT2D eigenvalue weighted by molar-refractivity contribution is 7.07. The first kappa shape index (κ1) is 11.4. The lowest BCUT2D eigenvalue weighted by atomic mass is 10.1. The Balaban J connectivity index is 1.99. The zero-order chi connectivity index (χ0) is 12.5. The van der Waals surface area contributed by atoms with E-state index in [1.54, 1.807) is 17.5 Å².